The third-order valence-corrected chi connectivity index (χ3v) is 5.59. The van der Waals surface area contributed by atoms with Crippen LogP contribution in [0.25, 0.3) is 11.1 Å². The van der Waals surface area contributed by atoms with E-state index in [-0.39, 0.29) is 30.1 Å². The molecule has 3 rings (SSSR count). The van der Waals surface area contributed by atoms with Gasteiger partial charge in [0.15, 0.2) is 5.96 Å². The first kappa shape index (κ1) is 26.0. The molecule has 1 unspecified atom stereocenters. The Morgan fingerprint density at radius 2 is 1.94 bits per heavy atom. The molecule has 1 amide bonds. The zero-order valence-electron chi connectivity index (χ0n) is 18.8. The van der Waals surface area contributed by atoms with Gasteiger partial charge in [-0.1, -0.05) is 34.4 Å². The fourth-order valence-electron chi connectivity index (χ4n) is 3.25. The molecule has 188 valence electrons. The Bertz CT molecular complexity index is 1100. The number of carbonyl (C=O) groups excluding carboxylic acids is 1. The number of piperidine rings is 1. The van der Waals surface area contributed by atoms with Gasteiger partial charge in [-0.25, -0.2) is 19.2 Å². The Kier molecular flexibility index (Phi) is 9.43. The minimum Gasteiger partial charge on any atom is -0.772 e. The highest BCUT2D eigenvalue weighted by Crippen LogP contribution is 2.26. The highest BCUT2D eigenvalue weighted by Gasteiger charge is 2.19. The number of ether oxygens (including phenoxy) is 1. The average molecular weight is 507 g/mol. The van der Waals surface area contributed by atoms with E-state index in [1.54, 1.807) is 12.1 Å². The van der Waals surface area contributed by atoms with Gasteiger partial charge in [-0.3, -0.25) is 4.21 Å². The zero-order valence-corrected chi connectivity index (χ0v) is 19.6. The second kappa shape index (κ2) is 12.7. The summed E-state index contributed by atoms with van der Waals surface area (Å²) in [7, 11) is 0. The van der Waals surface area contributed by atoms with Gasteiger partial charge in [0.25, 0.3) is 0 Å². The van der Waals surface area contributed by atoms with Crippen LogP contribution in [0.4, 0.5) is 15.1 Å². The number of aliphatic imine (C=N–C) groups is 1. The summed E-state index contributed by atoms with van der Waals surface area (Å²) in [6.45, 7) is 1.18. The Hall–Kier alpha value is -3.65. The highest BCUT2D eigenvalue weighted by atomic mass is 32.2. The lowest BCUT2D eigenvalue weighted by atomic mass is 10.1. The average Bonchev–Trinajstić information content (AvgIpc) is 2.83. The lowest BCUT2D eigenvalue weighted by Crippen LogP contribution is -2.35. The lowest BCUT2D eigenvalue weighted by Gasteiger charge is -2.27. The normalized spacial score (nSPS) is 14.2. The number of hydrogen-bond acceptors (Lipinski definition) is 9. The molecule has 2 aromatic rings. The number of halogens is 1. The molecule has 1 aromatic carbocycles. The molecule has 0 aliphatic carbocycles. The van der Waals surface area contributed by atoms with Crippen LogP contribution in [0.5, 0.6) is 0 Å². The number of nitrogens with two attached hydrogens (primary N) is 2. The van der Waals surface area contributed by atoms with E-state index < -0.39 is 29.0 Å². The smallest absolute Gasteiger partial charge is 0.437 e. The van der Waals surface area contributed by atoms with Crippen molar-refractivity contribution in [3.8, 4) is 11.1 Å². The number of hydrogen-bond donors (Lipinski definition) is 2. The summed E-state index contributed by atoms with van der Waals surface area (Å²) in [6.07, 6.45) is 3.76. The lowest BCUT2D eigenvalue weighted by molar-refractivity contribution is 0.144. The third kappa shape index (κ3) is 7.96. The Labute approximate surface area is 203 Å². The summed E-state index contributed by atoms with van der Waals surface area (Å²) in [5, 5.41) is 4.08. The third-order valence-electron chi connectivity index (χ3n) is 4.96. The predicted molar refractivity (Wildman–Crippen MR) is 127 cm³/mol. The van der Waals surface area contributed by atoms with E-state index in [2.05, 4.69) is 20.1 Å². The van der Waals surface area contributed by atoms with Crippen LogP contribution >= 0.6 is 0 Å². The first-order chi connectivity index (χ1) is 16.8. The molecular formula is C21H25FN7O5S-. The Morgan fingerprint density at radius 3 is 2.60 bits per heavy atom. The summed E-state index contributed by atoms with van der Waals surface area (Å²) in [6, 6.07) is 4.69. The standard InChI is InChI=1S/C21H26FN7O5S/c22-18-14(13-33-21(30)27-19(23)24)3-1-4-17(18)15-11-25-20(26-12-15)29-7-5-16(6-8-29)28-34-9-2-10-35(31)32/h1,3-4,11-12H,2,5-10,13H2,(H,31,32)(H4,23,24,27,30)/p-1. The number of rotatable bonds is 9. The molecule has 1 atom stereocenters. The molecule has 0 bridgehead atoms. The molecule has 0 spiro atoms. The van der Waals surface area contributed by atoms with Crippen LogP contribution in [0, 0.1) is 5.82 Å². The number of amides is 1. The number of guanidine groups is 1. The number of anilines is 1. The molecule has 1 aromatic heterocycles. The number of benzene rings is 1. The summed E-state index contributed by atoms with van der Waals surface area (Å²) in [5.74, 6) is -0.456. The van der Waals surface area contributed by atoms with Crippen LogP contribution in [0.2, 0.25) is 0 Å². The van der Waals surface area contributed by atoms with Crippen molar-refractivity contribution in [2.24, 2.45) is 21.6 Å². The molecule has 1 aliphatic heterocycles. The van der Waals surface area contributed by atoms with Gasteiger partial charge >= 0.3 is 6.09 Å². The van der Waals surface area contributed by atoms with Crippen LogP contribution in [0.15, 0.2) is 40.7 Å². The van der Waals surface area contributed by atoms with Crippen molar-refractivity contribution in [3.63, 3.8) is 0 Å². The molecule has 1 aliphatic rings. The molecule has 1 saturated heterocycles. The van der Waals surface area contributed by atoms with Crippen molar-refractivity contribution in [1.82, 2.24) is 9.97 Å². The van der Waals surface area contributed by atoms with Crippen molar-refractivity contribution in [2.45, 2.75) is 25.9 Å². The molecule has 2 heterocycles. The molecule has 35 heavy (non-hydrogen) atoms. The van der Waals surface area contributed by atoms with Gasteiger partial charge in [0.1, 0.15) is 19.0 Å². The van der Waals surface area contributed by atoms with Crippen LogP contribution in [-0.2, 0) is 27.3 Å². The molecular weight excluding hydrogens is 481 g/mol. The predicted octanol–water partition coefficient (Wildman–Crippen LogP) is 1.43. The highest BCUT2D eigenvalue weighted by molar-refractivity contribution is 7.79. The summed E-state index contributed by atoms with van der Waals surface area (Å²) >= 11 is -2.07. The van der Waals surface area contributed by atoms with E-state index in [9.17, 15) is 17.9 Å². The summed E-state index contributed by atoms with van der Waals surface area (Å²) < 4.78 is 40.8. The van der Waals surface area contributed by atoms with Crippen molar-refractivity contribution in [1.29, 1.82) is 0 Å². The van der Waals surface area contributed by atoms with Gasteiger partial charge in [0, 0.05) is 60.8 Å². The molecule has 1 fully saturated rings. The number of carbonyl (C=O) groups is 1. The van der Waals surface area contributed by atoms with Gasteiger partial charge in [0.2, 0.25) is 5.95 Å². The zero-order chi connectivity index (χ0) is 25.2. The Balaban J connectivity index is 1.56. The minimum absolute atomic E-state index is 0.0486. The maximum absolute atomic E-state index is 15.0. The maximum Gasteiger partial charge on any atom is 0.437 e. The largest absolute Gasteiger partial charge is 0.772 e. The van der Waals surface area contributed by atoms with Crippen LogP contribution in [0.3, 0.4) is 0 Å². The molecule has 14 heteroatoms. The fourth-order valence-corrected chi connectivity index (χ4v) is 3.60. The van der Waals surface area contributed by atoms with E-state index in [0.29, 0.717) is 43.9 Å². The van der Waals surface area contributed by atoms with Gasteiger partial charge in [-0.2, -0.15) is 0 Å². The van der Waals surface area contributed by atoms with Gasteiger partial charge in [0.05, 0.1) is 5.71 Å². The second-order valence-electron chi connectivity index (χ2n) is 7.48. The van der Waals surface area contributed by atoms with E-state index in [4.69, 9.17) is 21.0 Å². The van der Waals surface area contributed by atoms with Crippen LogP contribution in [0.1, 0.15) is 24.8 Å². The van der Waals surface area contributed by atoms with Crippen molar-refractivity contribution in [2.75, 3.05) is 30.3 Å². The van der Waals surface area contributed by atoms with E-state index >= 15 is 0 Å². The minimum atomic E-state index is -2.07. The first-order valence-electron chi connectivity index (χ1n) is 10.7. The van der Waals surface area contributed by atoms with Crippen molar-refractivity contribution < 1.29 is 27.5 Å². The Morgan fingerprint density at radius 1 is 1.23 bits per heavy atom. The van der Waals surface area contributed by atoms with Gasteiger partial charge in [-0.15, -0.1) is 4.99 Å². The molecule has 12 nitrogen and oxygen atoms in total. The first-order valence-corrected chi connectivity index (χ1v) is 11.9. The van der Waals surface area contributed by atoms with E-state index in [1.165, 1.54) is 18.5 Å². The summed E-state index contributed by atoms with van der Waals surface area (Å²) in [5.41, 5.74) is 12.0. The summed E-state index contributed by atoms with van der Waals surface area (Å²) in [4.78, 5) is 30.6. The molecule has 0 saturated carbocycles. The van der Waals surface area contributed by atoms with Crippen molar-refractivity contribution >= 4 is 34.8 Å². The number of oxime groups is 1. The SMILES string of the molecule is NC(N)=NC(=O)OCc1cccc(-c2cnc(N3CCC(=NOCCCS(=O)[O-])CC3)nc2)c1F. The monoisotopic (exact) mass is 506 g/mol. The van der Waals surface area contributed by atoms with Crippen LogP contribution in [-0.4, -0.2) is 61.9 Å². The fraction of sp³-hybridized carbons (Fsp3) is 0.381. The number of nitrogens with zero attached hydrogens (tertiary/aromatic N) is 5. The van der Waals surface area contributed by atoms with Gasteiger partial charge in [-0.05, 0) is 6.42 Å². The van der Waals surface area contributed by atoms with Crippen molar-refractivity contribution in [3.05, 3.63) is 42.0 Å². The van der Waals surface area contributed by atoms with Gasteiger partial charge < -0.3 is 30.5 Å². The van der Waals surface area contributed by atoms with E-state index in [1.807, 2.05) is 4.90 Å². The van der Waals surface area contributed by atoms with E-state index in [0.717, 1.165) is 5.71 Å². The maximum atomic E-state index is 15.0. The topological polar surface area (TPSA) is 181 Å². The van der Waals surface area contributed by atoms with Crippen LogP contribution < -0.4 is 16.4 Å². The second-order valence-corrected chi connectivity index (χ2v) is 8.50. The molecule has 0 radical (unpaired) electrons. The quantitative estimate of drug-likeness (QED) is 0.166. The molecule has 4 N–H and O–H groups in total. The number of aromatic nitrogens is 2.